The van der Waals surface area contributed by atoms with E-state index in [0.29, 0.717) is 19.3 Å². The maximum Gasteiger partial charge on any atom is 0.306 e. The van der Waals surface area contributed by atoms with Crippen molar-refractivity contribution in [2.75, 3.05) is 5.33 Å². The molecule has 0 unspecified atom stereocenters. The predicted molar refractivity (Wildman–Crippen MR) is 83.2 cm³/mol. The summed E-state index contributed by atoms with van der Waals surface area (Å²) in [5, 5.41) is 12.6. The molecule has 0 radical (unpaired) electrons. The first-order valence-corrected chi connectivity index (χ1v) is 8.56. The molecule has 1 fully saturated rings. The molecule has 0 saturated carbocycles. The summed E-state index contributed by atoms with van der Waals surface area (Å²) < 4.78 is 5.60. The molecule has 1 rings (SSSR count). The number of carbonyl (C=O) groups is 1. The van der Waals surface area contributed by atoms with E-state index in [1.54, 1.807) is 0 Å². The fourth-order valence-electron chi connectivity index (χ4n) is 3.05. The van der Waals surface area contributed by atoms with Crippen LogP contribution in [0.3, 0.4) is 0 Å². The number of alkyl halides is 1. The van der Waals surface area contributed by atoms with Gasteiger partial charge in [0.05, 0.1) is 0 Å². The lowest BCUT2D eigenvalue weighted by atomic mass is 9.80. The van der Waals surface area contributed by atoms with Crippen molar-refractivity contribution in [3.05, 3.63) is 0 Å². The summed E-state index contributed by atoms with van der Waals surface area (Å²) in [7, 11) is 0. The standard InChI is InChI=1S/C15H28BrNO3/c1-14(2)10-12(11-15(3,4)17(14)19)20-13(18)8-6-5-7-9-16/h12,19H,5-11H2,1-4H3. The van der Waals surface area contributed by atoms with Gasteiger partial charge in [-0.2, -0.15) is 5.06 Å². The number of ether oxygens (including phenoxy) is 1. The van der Waals surface area contributed by atoms with Crippen LogP contribution in [-0.4, -0.2) is 38.8 Å². The molecule has 20 heavy (non-hydrogen) atoms. The van der Waals surface area contributed by atoms with Gasteiger partial charge in [-0.15, -0.1) is 0 Å². The zero-order valence-corrected chi connectivity index (χ0v) is 14.7. The first kappa shape index (κ1) is 17.9. The molecule has 0 aromatic rings. The number of nitrogens with zero attached hydrogens (tertiary/aromatic N) is 1. The molecule has 0 bridgehead atoms. The number of hydroxylamine groups is 2. The molecule has 1 heterocycles. The van der Waals surface area contributed by atoms with Crippen LogP contribution in [0.15, 0.2) is 0 Å². The molecule has 1 aliphatic rings. The Balaban J connectivity index is 2.46. The van der Waals surface area contributed by atoms with Crippen LogP contribution >= 0.6 is 15.9 Å². The van der Waals surface area contributed by atoms with Crippen LogP contribution in [0.5, 0.6) is 0 Å². The Hall–Kier alpha value is -0.130. The molecule has 4 nitrogen and oxygen atoms in total. The van der Waals surface area contributed by atoms with Gasteiger partial charge in [0.1, 0.15) is 6.10 Å². The van der Waals surface area contributed by atoms with Crippen molar-refractivity contribution in [1.82, 2.24) is 5.06 Å². The van der Waals surface area contributed by atoms with Crippen molar-refractivity contribution < 1.29 is 14.7 Å². The van der Waals surface area contributed by atoms with Crippen molar-refractivity contribution in [1.29, 1.82) is 0 Å². The quantitative estimate of drug-likeness (QED) is 0.448. The lowest BCUT2D eigenvalue weighted by Crippen LogP contribution is -2.60. The number of piperidine rings is 1. The van der Waals surface area contributed by atoms with E-state index in [1.807, 2.05) is 27.7 Å². The van der Waals surface area contributed by atoms with Crippen LogP contribution in [0, 0.1) is 0 Å². The Morgan fingerprint density at radius 2 is 1.75 bits per heavy atom. The minimum atomic E-state index is -0.372. The second-order valence-corrected chi connectivity index (χ2v) is 7.75. The van der Waals surface area contributed by atoms with E-state index >= 15 is 0 Å². The number of halogens is 1. The van der Waals surface area contributed by atoms with Crippen molar-refractivity contribution in [2.45, 2.75) is 83.4 Å². The maximum atomic E-state index is 11.9. The van der Waals surface area contributed by atoms with Crippen LogP contribution in [0.2, 0.25) is 0 Å². The molecular formula is C15H28BrNO3. The van der Waals surface area contributed by atoms with Gasteiger partial charge in [-0.25, -0.2) is 0 Å². The smallest absolute Gasteiger partial charge is 0.306 e. The van der Waals surface area contributed by atoms with Gasteiger partial charge in [0, 0.05) is 35.7 Å². The van der Waals surface area contributed by atoms with Gasteiger partial charge in [0.25, 0.3) is 0 Å². The van der Waals surface area contributed by atoms with Crippen LogP contribution < -0.4 is 0 Å². The first-order valence-electron chi connectivity index (χ1n) is 7.44. The monoisotopic (exact) mass is 349 g/mol. The largest absolute Gasteiger partial charge is 0.462 e. The van der Waals surface area contributed by atoms with Crippen molar-refractivity contribution in [2.24, 2.45) is 0 Å². The van der Waals surface area contributed by atoms with Gasteiger partial charge in [0.15, 0.2) is 0 Å². The van der Waals surface area contributed by atoms with Crippen LogP contribution in [0.1, 0.15) is 66.2 Å². The summed E-state index contributed by atoms with van der Waals surface area (Å²) in [6.07, 6.45) is 4.75. The van der Waals surface area contributed by atoms with Crippen molar-refractivity contribution in [3.8, 4) is 0 Å². The highest BCUT2D eigenvalue weighted by Crippen LogP contribution is 2.38. The fourth-order valence-corrected chi connectivity index (χ4v) is 3.44. The van der Waals surface area contributed by atoms with Crippen LogP contribution in [-0.2, 0) is 9.53 Å². The third-order valence-corrected chi connectivity index (χ3v) is 4.47. The van der Waals surface area contributed by atoms with Gasteiger partial charge in [-0.1, -0.05) is 22.4 Å². The van der Waals surface area contributed by atoms with Gasteiger partial charge >= 0.3 is 5.97 Å². The molecule has 118 valence electrons. The SMILES string of the molecule is CC1(C)CC(OC(=O)CCCCCBr)CC(C)(C)N1O. The zero-order chi connectivity index (χ0) is 15.4. The maximum absolute atomic E-state index is 11.9. The number of rotatable bonds is 6. The van der Waals surface area contributed by atoms with Gasteiger partial charge < -0.3 is 9.94 Å². The molecule has 0 atom stereocenters. The third-order valence-electron chi connectivity index (χ3n) is 3.91. The average molecular weight is 350 g/mol. The number of esters is 1. The summed E-state index contributed by atoms with van der Waals surface area (Å²) in [4.78, 5) is 11.9. The molecule has 0 aromatic heterocycles. The topological polar surface area (TPSA) is 49.8 Å². The Kier molecular flexibility index (Phi) is 6.48. The minimum absolute atomic E-state index is 0.105. The minimum Gasteiger partial charge on any atom is -0.462 e. The number of carbonyl (C=O) groups excluding carboxylic acids is 1. The zero-order valence-electron chi connectivity index (χ0n) is 13.1. The molecule has 0 amide bonds. The summed E-state index contributed by atoms with van der Waals surface area (Å²) in [6, 6.07) is 0. The molecule has 0 aromatic carbocycles. The van der Waals surface area contributed by atoms with Gasteiger partial charge in [-0.3, -0.25) is 4.79 Å². The highest BCUT2D eigenvalue weighted by atomic mass is 79.9. The summed E-state index contributed by atoms with van der Waals surface area (Å²) >= 11 is 3.38. The number of hydrogen-bond donors (Lipinski definition) is 1. The summed E-state index contributed by atoms with van der Waals surface area (Å²) in [6.45, 7) is 7.91. The Labute approximate surface area is 130 Å². The number of unbranched alkanes of at least 4 members (excludes halogenated alkanes) is 2. The van der Waals surface area contributed by atoms with E-state index in [9.17, 15) is 10.0 Å². The van der Waals surface area contributed by atoms with E-state index < -0.39 is 0 Å². The third kappa shape index (κ3) is 5.01. The van der Waals surface area contributed by atoms with Crippen molar-refractivity contribution >= 4 is 21.9 Å². The normalized spacial score (nSPS) is 22.7. The molecule has 1 N–H and O–H groups in total. The first-order chi connectivity index (χ1) is 9.19. The van der Waals surface area contributed by atoms with E-state index in [-0.39, 0.29) is 23.2 Å². The van der Waals surface area contributed by atoms with E-state index in [2.05, 4.69) is 15.9 Å². The second-order valence-electron chi connectivity index (χ2n) is 6.96. The van der Waals surface area contributed by atoms with Crippen LogP contribution in [0.25, 0.3) is 0 Å². The molecule has 5 heteroatoms. The lowest BCUT2D eigenvalue weighted by Gasteiger charge is -2.50. The molecular weight excluding hydrogens is 322 g/mol. The average Bonchev–Trinajstić information content (AvgIpc) is 2.31. The second kappa shape index (κ2) is 7.23. The summed E-state index contributed by atoms with van der Waals surface area (Å²) in [5.74, 6) is -0.109. The van der Waals surface area contributed by atoms with E-state index in [0.717, 1.165) is 24.6 Å². The fraction of sp³-hybridized carbons (Fsp3) is 0.933. The molecule has 1 saturated heterocycles. The van der Waals surface area contributed by atoms with E-state index in [4.69, 9.17) is 4.74 Å². The number of hydrogen-bond acceptors (Lipinski definition) is 4. The van der Waals surface area contributed by atoms with Gasteiger partial charge in [0.2, 0.25) is 0 Å². The Morgan fingerprint density at radius 1 is 1.20 bits per heavy atom. The molecule has 0 aliphatic carbocycles. The lowest BCUT2D eigenvalue weighted by molar-refractivity contribution is -0.259. The highest BCUT2D eigenvalue weighted by molar-refractivity contribution is 9.09. The summed E-state index contributed by atoms with van der Waals surface area (Å²) in [5.41, 5.74) is -0.745. The Bertz CT molecular complexity index is 313. The predicted octanol–water partition coefficient (Wildman–Crippen LogP) is 3.90. The molecule has 0 spiro atoms. The van der Waals surface area contributed by atoms with E-state index in [1.165, 1.54) is 5.06 Å². The highest BCUT2D eigenvalue weighted by Gasteiger charge is 2.46. The van der Waals surface area contributed by atoms with Crippen molar-refractivity contribution in [3.63, 3.8) is 0 Å². The Morgan fingerprint density at radius 3 is 2.25 bits per heavy atom. The van der Waals surface area contributed by atoms with Gasteiger partial charge in [-0.05, 0) is 40.5 Å². The molecule has 1 aliphatic heterocycles. The van der Waals surface area contributed by atoms with Crippen LogP contribution in [0.4, 0.5) is 0 Å².